The Bertz CT molecular complexity index is 1000. The van der Waals surface area contributed by atoms with Crippen molar-refractivity contribution < 1.29 is 14.2 Å². The number of nitrogens with zero attached hydrogens (tertiary/aromatic N) is 2. The van der Waals surface area contributed by atoms with E-state index in [0.717, 1.165) is 24.4 Å². The highest BCUT2D eigenvalue weighted by atomic mass is 16.5. The second kappa shape index (κ2) is 12.3. The molecule has 7 nitrogen and oxygen atoms in total. The van der Waals surface area contributed by atoms with E-state index in [1.54, 1.807) is 27.5 Å². The molecule has 1 atom stereocenters. The Kier molecular flexibility index (Phi) is 8.94. The summed E-state index contributed by atoms with van der Waals surface area (Å²) in [6, 6.07) is 20.1. The number of aliphatic imine (C=N–C) groups is 1. The lowest BCUT2D eigenvalue weighted by Gasteiger charge is -2.18. The summed E-state index contributed by atoms with van der Waals surface area (Å²) in [4.78, 5) is 8.75. The van der Waals surface area contributed by atoms with Gasteiger partial charge in [-0.1, -0.05) is 42.5 Å². The fraction of sp³-hybridized carbons (Fsp3) is 0.308. The number of para-hydroxylation sites is 1. The van der Waals surface area contributed by atoms with E-state index in [-0.39, 0.29) is 0 Å². The molecule has 0 aliphatic carbocycles. The molecule has 0 aliphatic heterocycles. The van der Waals surface area contributed by atoms with E-state index in [9.17, 15) is 0 Å². The number of methoxy groups -OCH3 is 2. The van der Waals surface area contributed by atoms with E-state index >= 15 is 0 Å². The van der Waals surface area contributed by atoms with Crippen molar-refractivity contribution in [2.24, 2.45) is 4.99 Å². The van der Waals surface area contributed by atoms with Crippen LogP contribution in [0.1, 0.15) is 24.5 Å². The predicted molar refractivity (Wildman–Crippen MR) is 131 cm³/mol. The molecule has 0 aliphatic rings. The number of benzene rings is 2. The smallest absolute Gasteiger partial charge is 0.219 e. The third kappa shape index (κ3) is 7.14. The lowest BCUT2D eigenvalue weighted by Crippen LogP contribution is -2.42. The summed E-state index contributed by atoms with van der Waals surface area (Å²) in [6.07, 6.45) is 3.81. The molecule has 3 rings (SSSR count). The fourth-order valence-corrected chi connectivity index (χ4v) is 3.31. The number of aromatic nitrogens is 1. The summed E-state index contributed by atoms with van der Waals surface area (Å²) in [5.41, 5.74) is 2.35. The fourth-order valence-electron chi connectivity index (χ4n) is 3.31. The van der Waals surface area contributed by atoms with Crippen LogP contribution in [-0.4, -0.2) is 38.3 Å². The zero-order chi connectivity index (χ0) is 23.5. The average molecular weight is 449 g/mol. The van der Waals surface area contributed by atoms with Gasteiger partial charge in [-0.2, -0.15) is 0 Å². The van der Waals surface area contributed by atoms with Gasteiger partial charge in [-0.3, -0.25) is 4.99 Å². The van der Waals surface area contributed by atoms with Crippen LogP contribution in [0.25, 0.3) is 0 Å². The van der Waals surface area contributed by atoms with E-state index in [1.807, 2.05) is 36.4 Å². The minimum absolute atomic E-state index is 0.293. The normalized spacial score (nSPS) is 12.1. The van der Waals surface area contributed by atoms with Gasteiger partial charge >= 0.3 is 0 Å². The summed E-state index contributed by atoms with van der Waals surface area (Å²) < 4.78 is 16.7. The van der Waals surface area contributed by atoms with Crippen molar-refractivity contribution in [3.05, 3.63) is 78.0 Å². The van der Waals surface area contributed by atoms with Gasteiger partial charge in [-0.05, 0) is 43.0 Å². The molecule has 0 fully saturated rings. The summed E-state index contributed by atoms with van der Waals surface area (Å²) in [5.74, 6) is 2.87. The van der Waals surface area contributed by atoms with E-state index in [1.165, 1.54) is 5.56 Å². The molecule has 0 radical (unpaired) electrons. The van der Waals surface area contributed by atoms with Crippen LogP contribution in [0.15, 0.2) is 71.9 Å². The van der Waals surface area contributed by atoms with Crippen LogP contribution in [0.3, 0.4) is 0 Å². The molecule has 1 aromatic heterocycles. The van der Waals surface area contributed by atoms with Crippen LogP contribution in [0.4, 0.5) is 0 Å². The molecule has 33 heavy (non-hydrogen) atoms. The zero-order valence-corrected chi connectivity index (χ0v) is 19.7. The second-order valence-electron chi connectivity index (χ2n) is 7.59. The van der Waals surface area contributed by atoms with Crippen molar-refractivity contribution in [3.8, 4) is 23.1 Å². The minimum Gasteiger partial charge on any atom is -0.493 e. The molecule has 3 aromatic rings. The molecule has 0 bridgehead atoms. The maximum atomic E-state index is 5.92. The number of pyridine rings is 1. The average Bonchev–Trinajstić information content (AvgIpc) is 2.86. The highest BCUT2D eigenvalue weighted by Crippen LogP contribution is 2.39. The number of nitrogens with one attached hydrogen (secondary N) is 2. The van der Waals surface area contributed by atoms with Gasteiger partial charge in [-0.15, -0.1) is 0 Å². The zero-order valence-electron chi connectivity index (χ0n) is 19.7. The first-order valence-corrected chi connectivity index (χ1v) is 11.0. The number of ether oxygens (including phenoxy) is 3. The van der Waals surface area contributed by atoms with Crippen LogP contribution in [0, 0.1) is 0 Å². The molecule has 0 amide bonds. The molecule has 0 spiro atoms. The first kappa shape index (κ1) is 23.9. The van der Waals surface area contributed by atoms with Gasteiger partial charge in [0.25, 0.3) is 0 Å². The Labute approximate surface area is 195 Å². The largest absolute Gasteiger partial charge is 0.493 e. The molecule has 0 saturated heterocycles. The van der Waals surface area contributed by atoms with Crippen LogP contribution in [0.2, 0.25) is 0 Å². The molecule has 174 valence electrons. The molecule has 2 N–H and O–H groups in total. The SMILES string of the molecule is CN=C(NCc1ccc(Oc2c(OC)cccc2OC)nc1)NC(C)CCc1ccccc1. The van der Waals surface area contributed by atoms with Crippen LogP contribution < -0.4 is 24.8 Å². The van der Waals surface area contributed by atoms with Gasteiger partial charge in [0, 0.05) is 31.9 Å². The monoisotopic (exact) mass is 448 g/mol. The first-order valence-electron chi connectivity index (χ1n) is 11.0. The van der Waals surface area contributed by atoms with Gasteiger partial charge in [0.05, 0.1) is 14.2 Å². The third-order valence-corrected chi connectivity index (χ3v) is 5.16. The quantitative estimate of drug-likeness (QED) is 0.349. The van der Waals surface area contributed by atoms with Gasteiger partial charge in [0.1, 0.15) is 0 Å². The maximum Gasteiger partial charge on any atom is 0.219 e. The van der Waals surface area contributed by atoms with Crippen molar-refractivity contribution >= 4 is 5.96 Å². The summed E-state index contributed by atoms with van der Waals surface area (Å²) >= 11 is 0. The number of guanidine groups is 1. The molecule has 7 heteroatoms. The van der Waals surface area contributed by atoms with Gasteiger partial charge in [-0.25, -0.2) is 4.98 Å². The first-order chi connectivity index (χ1) is 16.1. The predicted octanol–water partition coefficient (Wildman–Crippen LogP) is 4.58. The van der Waals surface area contributed by atoms with Gasteiger partial charge in [0.15, 0.2) is 17.5 Å². The van der Waals surface area contributed by atoms with Crippen LogP contribution in [-0.2, 0) is 13.0 Å². The highest BCUT2D eigenvalue weighted by Gasteiger charge is 2.13. The highest BCUT2D eigenvalue weighted by molar-refractivity contribution is 5.79. The second-order valence-corrected chi connectivity index (χ2v) is 7.59. The van der Waals surface area contributed by atoms with Crippen LogP contribution >= 0.6 is 0 Å². The van der Waals surface area contributed by atoms with Crippen molar-refractivity contribution in [1.29, 1.82) is 0 Å². The summed E-state index contributed by atoms with van der Waals surface area (Å²) in [7, 11) is 4.95. The van der Waals surface area contributed by atoms with Crippen LogP contribution in [0.5, 0.6) is 23.1 Å². The van der Waals surface area contributed by atoms with Crippen molar-refractivity contribution in [2.45, 2.75) is 32.4 Å². The Morgan fingerprint density at radius 3 is 2.27 bits per heavy atom. The van der Waals surface area contributed by atoms with Gasteiger partial charge in [0.2, 0.25) is 11.6 Å². The molecular formula is C26H32N4O3. The number of hydrogen-bond acceptors (Lipinski definition) is 5. The van der Waals surface area contributed by atoms with E-state index < -0.39 is 0 Å². The molecule has 0 saturated carbocycles. The Balaban J connectivity index is 1.51. The summed E-state index contributed by atoms with van der Waals surface area (Å²) in [6.45, 7) is 2.76. The number of aryl methyl sites for hydroxylation is 1. The molecular weight excluding hydrogens is 416 g/mol. The molecule has 1 heterocycles. The lowest BCUT2D eigenvalue weighted by atomic mass is 10.1. The Hall–Kier alpha value is -3.74. The Morgan fingerprint density at radius 1 is 0.939 bits per heavy atom. The standard InChI is InChI=1S/C26H32N4O3/c1-19(13-14-20-9-6-5-7-10-20)30-26(27-2)29-18-21-15-16-24(28-17-21)33-25-22(31-3)11-8-12-23(25)32-4/h5-12,15-17,19H,13-14,18H2,1-4H3,(H2,27,29,30). The van der Waals surface area contributed by atoms with E-state index in [4.69, 9.17) is 14.2 Å². The topological polar surface area (TPSA) is 77.0 Å². The van der Waals surface area contributed by atoms with Crippen molar-refractivity contribution in [1.82, 2.24) is 15.6 Å². The third-order valence-electron chi connectivity index (χ3n) is 5.16. The van der Waals surface area contributed by atoms with E-state index in [0.29, 0.717) is 35.7 Å². The van der Waals surface area contributed by atoms with Crippen molar-refractivity contribution in [3.63, 3.8) is 0 Å². The number of rotatable bonds is 10. The maximum absolute atomic E-state index is 5.92. The molecule has 2 aromatic carbocycles. The van der Waals surface area contributed by atoms with E-state index in [2.05, 4.69) is 51.8 Å². The molecule has 1 unspecified atom stereocenters. The summed E-state index contributed by atoms with van der Waals surface area (Å²) in [5, 5.41) is 6.78. The lowest BCUT2D eigenvalue weighted by molar-refractivity contribution is 0.342. The number of hydrogen-bond donors (Lipinski definition) is 2. The van der Waals surface area contributed by atoms with Crippen molar-refractivity contribution in [2.75, 3.05) is 21.3 Å². The Morgan fingerprint density at radius 2 is 1.67 bits per heavy atom. The minimum atomic E-state index is 0.293. The van der Waals surface area contributed by atoms with Gasteiger partial charge < -0.3 is 24.8 Å².